The van der Waals surface area contributed by atoms with Crippen LogP contribution >= 0.6 is 0 Å². The van der Waals surface area contributed by atoms with Gasteiger partial charge in [-0.1, -0.05) is 38.7 Å². The molecule has 0 radical (unpaired) electrons. The third kappa shape index (κ3) is 4.00. The Labute approximate surface area is 114 Å². The van der Waals surface area contributed by atoms with Crippen molar-refractivity contribution in [2.24, 2.45) is 17.8 Å². The van der Waals surface area contributed by atoms with Crippen LogP contribution in [0.5, 0.6) is 0 Å². The molecular weight excluding hydrogens is 249 g/mol. The van der Waals surface area contributed by atoms with Gasteiger partial charge in [-0.15, -0.1) is 0 Å². The lowest BCUT2D eigenvalue weighted by Gasteiger charge is -2.35. The van der Waals surface area contributed by atoms with Crippen LogP contribution in [0.2, 0.25) is 0 Å². The van der Waals surface area contributed by atoms with Crippen molar-refractivity contribution in [1.29, 1.82) is 0 Å². The van der Waals surface area contributed by atoms with Crippen molar-refractivity contribution in [2.75, 3.05) is 0 Å². The zero-order valence-electron chi connectivity index (χ0n) is 11.8. The molecule has 1 atom stereocenters. The molecule has 0 bridgehead atoms. The smallest absolute Gasteiger partial charge is 0.166 e. The largest absolute Gasteiger partial charge is 0.412 e. The molecule has 0 amide bonds. The van der Waals surface area contributed by atoms with Crippen molar-refractivity contribution in [2.45, 2.75) is 70.9 Å². The lowest BCUT2D eigenvalue weighted by Crippen LogP contribution is -2.25. The molecule has 1 unspecified atom stereocenters. The third-order valence-corrected chi connectivity index (χ3v) is 5.07. The molecule has 0 spiro atoms. The Hall–Kier alpha value is -0.470. The topological polar surface area (TPSA) is 0 Å². The standard InChI is InChI=1S/C16H25F3/c1-2-3-12-4-6-13(7-5-12)14-8-10-15(11-9-14)16(17,18)19/h10,12-14H,2-9,11H2,1H3/t12-,13-,14?. The van der Waals surface area contributed by atoms with Crippen molar-refractivity contribution in [3.05, 3.63) is 11.6 Å². The summed E-state index contributed by atoms with van der Waals surface area (Å²) in [5.41, 5.74) is -0.289. The van der Waals surface area contributed by atoms with Gasteiger partial charge in [-0.3, -0.25) is 0 Å². The summed E-state index contributed by atoms with van der Waals surface area (Å²) in [4.78, 5) is 0. The van der Waals surface area contributed by atoms with Crippen molar-refractivity contribution in [3.8, 4) is 0 Å². The quantitative estimate of drug-likeness (QED) is 0.563. The molecule has 0 nitrogen and oxygen atoms in total. The number of allylic oxidation sites excluding steroid dienone is 2. The van der Waals surface area contributed by atoms with Gasteiger partial charge in [0.2, 0.25) is 0 Å². The summed E-state index contributed by atoms with van der Waals surface area (Å²) in [6, 6.07) is 0. The predicted octanol–water partition coefficient (Wildman–Crippen LogP) is 5.88. The van der Waals surface area contributed by atoms with Crippen LogP contribution in [0.15, 0.2) is 11.6 Å². The molecule has 0 aliphatic heterocycles. The first-order chi connectivity index (χ1) is 9.00. The van der Waals surface area contributed by atoms with E-state index in [1.165, 1.54) is 44.6 Å². The second kappa shape index (κ2) is 6.32. The fourth-order valence-corrected chi connectivity index (χ4v) is 3.90. The fraction of sp³-hybridized carbons (Fsp3) is 0.875. The number of hydrogen-bond acceptors (Lipinski definition) is 0. The average molecular weight is 274 g/mol. The van der Waals surface area contributed by atoms with Gasteiger partial charge >= 0.3 is 6.18 Å². The minimum atomic E-state index is -4.09. The first-order valence-corrected chi connectivity index (χ1v) is 7.77. The van der Waals surface area contributed by atoms with E-state index < -0.39 is 6.18 Å². The molecule has 0 N–H and O–H groups in total. The highest BCUT2D eigenvalue weighted by Crippen LogP contribution is 2.43. The Balaban J connectivity index is 1.81. The van der Waals surface area contributed by atoms with Gasteiger partial charge in [0.1, 0.15) is 0 Å². The molecule has 0 aromatic heterocycles. The Morgan fingerprint density at radius 1 is 1.05 bits per heavy atom. The lowest BCUT2D eigenvalue weighted by atomic mass is 9.71. The molecule has 2 aliphatic carbocycles. The van der Waals surface area contributed by atoms with E-state index >= 15 is 0 Å². The highest BCUT2D eigenvalue weighted by atomic mass is 19.4. The van der Waals surface area contributed by atoms with E-state index in [1.54, 1.807) is 0 Å². The molecule has 0 aromatic carbocycles. The van der Waals surface area contributed by atoms with Crippen LogP contribution in [0, 0.1) is 17.8 Å². The van der Waals surface area contributed by atoms with Crippen LogP contribution in [0.4, 0.5) is 13.2 Å². The van der Waals surface area contributed by atoms with Crippen molar-refractivity contribution in [1.82, 2.24) is 0 Å². The van der Waals surface area contributed by atoms with Crippen LogP contribution < -0.4 is 0 Å². The summed E-state index contributed by atoms with van der Waals surface area (Å²) in [6.45, 7) is 2.23. The molecule has 2 aliphatic rings. The van der Waals surface area contributed by atoms with Gasteiger partial charge in [0.25, 0.3) is 0 Å². The van der Waals surface area contributed by atoms with Crippen molar-refractivity contribution >= 4 is 0 Å². The molecule has 19 heavy (non-hydrogen) atoms. The van der Waals surface area contributed by atoms with E-state index in [9.17, 15) is 13.2 Å². The second-order valence-electron chi connectivity index (χ2n) is 6.33. The van der Waals surface area contributed by atoms with E-state index in [0.29, 0.717) is 18.3 Å². The number of rotatable bonds is 3. The molecule has 1 saturated carbocycles. The predicted molar refractivity (Wildman–Crippen MR) is 71.8 cm³/mol. The van der Waals surface area contributed by atoms with Crippen LogP contribution in [-0.4, -0.2) is 6.18 Å². The second-order valence-corrected chi connectivity index (χ2v) is 6.33. The molecule has 3 heteroatoms. The maximum atomic E-state index is 12.6. The van der Waals surface area contributed by atoms with E-state index in [-0.39, 0.29) is 12.0 Å². The van der Waals surface area contributed by atoms with Gasteiger partial charge in [-0.05, 0) is 49.9 Å². The summed E-state index contributed by atoms with van der Waals surface area (Å²) in [7, 11) is 0. The molecule has 1 fully saturated rings. The minimum absolute atomic E-state index is 0.239. The van der Waals surface area contributed by atoms with Crippen molar-refractivity contribution < 1.29 is 13.2 Å². The highest BCUT2D eigenvalue weighted by Gasteiger charge is 2.37. The maximum absolute atomic E-state index is 12.6. The Kier molecular flexibility index (Phi) is 4.97. The molecular formula is C16H25F3. The number of hydrogen-bond donors (Lipinski definition) is 0. The van der Waals surface area contributed by atoms with Gasteiger partial charge in [-0.2, -0.15) is 13.2 Å². The Bertz CT molecular complexity index is 308. The SMILES string of the molecule is CCC[C@H]1CC[C@H](C2CC=C(C(F)(F)F)CC2)CC1. The molecule has 2 rings (SSSR count). The Morgan fingerprint density at radius 3 is 2.21 bits per heavy atom. The van der Waals surface area contributed by atoms with E-state index in [4.69, 9.17) is 0 Å². The maximum Gasteiger partial charge on any atom is 0.412 e. The third-order valence-electron chi connectivity index (χ3n) is 5.07. The minimum Gasteiger partial charge on any atom is -0.166 e. The van der Waals surface area contributed by atoms with Crippen molar-refractivity contribution in [3.63, 3.8) is 0 Å². The summed E-state index contributed by atoms with van der Waals surface area (Å²) >= 11 is 0. The van der Waals surface area contributed by atoms with Crippen LogP contribution in [0.3, 0.4) is 0 Å². The normalized spacial score (nSPS) is 33.1. The molecule has 0 aromatic rings. The zero-order valence-corrected chi connectivity index (χ0v) is 11.8. The van der Waals surface area contributed by atoms with Crippen LogP contribution in [0.1, 0.15) is 64.7 Å². The van der Waals surface area contributed by atoms with Crippen LogP contribution in [-0.2, 0) is 0 Å². The average Bonchev–Trinajstić information content (AvgIpc) is 2.39. The van der Waals surface area contributed by atoms with E-state index in [2.05, 4.69) is 6.92 Å². The van der Waals surface area contributed by atoms with Gasteiger partial charge in [-0.25, -0.2) is 0 Å². The number of alkyl halides is 3. The van der Waals surface area contributed by atoms with Gasteiger partial charge in [0.15, 0.2) is 0 Å². The van der Waals surface area contributed by atoms with Gasteiger partial charge < -0.3 is 0 Å². The van der Waals surface area contributed by atoms with Gasteiger partial charge in [0, 0.05) is 5.57 Å². The summed E-state index contributed by atoms with van der Waals surface area (Å²) < 4.78 is 37.7. The first-order valence-electron chi connectivity index (χ1n) is 7.77. The van der Waals surface area contributed by atoms with E-state index in [1.807, 2.05) is 0 Å². The van der Waals surface area contributed by atoms with Gasteiger partial charge in [0.05, 0.1) is 0 Å². The molecule has 0 saturated heterocycles. The fourth-order valence-electron chi connectivity index (χ4n) is 3.90. The number of halogens is 3. The monoisotopic (exact) mass is 274 g/mol. The highest BCUT2D eigenvalue weighted by molar-refractivity contribution is 5.12. The van der Waals surface area contributed by atoms with Crippen LogP contribution in [0.25, 0.3) is 0 Å². The summed E-state index contributed by atoms with van der Waals surface area (Å²) in [6.07, 6.45) is 6.67. The zero-order chi connectivity index (χ0) is 13.9. The summed E-state index contributed by atoms with van der Waals surface area (Å²) in [5, 5.41) is 0. The Morgan fingerprint density at radius 2 is 1.74 bits per heavy atom. The summed E-state index contributed by atoms with van der Waals surface area (Å²) in [5.74, 6) is 2.07. The van der Waals surface area contributed by atoms with E-state index in [0.717, 1.165) is 12.3 Å². The lowest BCUT2D eigenvalue weighted by molar-refractivity contribution is -0.0960. The molecule has 110 valence electrons. The first kappa shape index (κ1) is 14.9. The molecule has 0 heterocycles.